The maximum Gasteiger partial charge on any atom is 0.265 e. The van der Waals surface area contributed by atoms with Crippen molar-refractivity contribution in [2.45, 2.75) is 11.4 Å². The fraction of sp³-hybridized carbons (Fsp3) is 0.100. The fourth-order valence-corrected chi connectivity index (χ4v) is 4.16. The summed E-state index contributed by atoms with van der Waals surface area (Å²) in [4.78, 5) is 25.4. The summed E-state index contributed by atoms with van der Waals surface area (Å²) in [5, 5.41) is 7.53. The Morgan fingerprint density at radius 1 is 1.03 bits per heavy atom. The van der Waals surface area contributed by atoms with Gasteiger partial charge in [0.05, 0.1) is 20.5 Å². The molecule has 0 aliphatic heterocycles. The Labute approximate surface area is 183 Å². The van der Waals surface area contributed by atoms with Gasteiger partial charge in [-0.3, -0.25) is 9.59 Å². The van der Waals surface area contributed by atoms with Crippen LogP contribution in [-0.4, -0.2) is 27.3 Å². The molecule has 0 spiro atoms. The summed E-state index contributed by atoms with van der Waals surface area (Å²) in [6, 6.07) is 14.3. The first-order valence-electron chi connectivity index (χ1n) is 8.75. The van der Waals surface area contributed by atoms with Gasteiger partial charge in [-0.15, -0.1) is 11.3 Å². The van der Waals surface area contributed by atoms with Crippen LogP contribution >= 0.6 is 22.9 Å². The Kier molecular flexibility index (Phi) is 6.88. The molecule has 0 aliphatic carbocycles. The monoisotopic (exact) mass is 463 g/mol. The highest BCUT2D eigenvalue weighted by atomic mass is 35.5. The lowest BCUT2D eigenvalue weighted by Crippen LogP contribution is -2.23. The standard InChI is InChI=1S/C20H18ClN3O4S2/c1-22-30(27,28)15-5-2-4-13(10-15)12-23-19(25)14-7-8-16(21)17(11-14)24-20(26)18-6-3-9-29-18/h2-11,22H,12H2,1H3,(H,23,25)(H,24,26). The maximum atomic E-state index is 12.5. The molecule has 3 rings (SSSR count). The fourth-order valence-electron chi connectivity index (χ4n) is 2.58. The zero-order chi connectivity index (χ0) is 21.7. The van der Waals surface area contributed by atoms with Gasteiger partial charge in [0.25, 0.3) is 11.8 Å². The molecule has 0 radical (unpaired) electrons. The van der Waals surface area contributed by atoms with Gasteiger partial charge in [-0.25, -0.2) is 13.1 Å². The van der Waals surface area contributed by atoms with Crippen molar-refractivity contribution in [1.29, 1.82) is 0 Å². The molecule has 30 heavy (non-hydrogen) atoms. The summed E-state index contributed by atoms with van der Waals surface area (Å²) in [6.07, 6.45) is 0. The van der Waals surface area contributed by atoms with Crippen LogP contribution in [0.5, 0.6) is 0 Å². The van der Waals surface area contributed by atoms with Gasteiger partial charge in [-0.2, -0.15) is 0 Å². The summed E-state index contributed by atoms with van der Waals surface area (Å²) in [5.74, 6) is -0.702. The number of carbonyl (C=O) groups is 2. The first-order valence-corrected chi connectivity index (χ1v) is 11.5. The summed E-state index contributed by atoms with van der Waals surface area (Å²) in [7, 11) is -2.24. The minimum absolute atomic E-state index is 0.113. The third-order valence-corrected chi connectivity index (χ3v) is 6.76. The highest BCUT2D eigenvalue weighted by Gasteiger charge is 2.14. The highest BCUT2D eigenvalue weighted by molar-refractivity contribution is 7.89. The molecular weight excluding hydrogens is 446 g/mol. The average molecular weight is 464 g/mol. The van der Waals surface area contributed by atoms with E-state index in [1.165, 1.54) is 42.6 Å². The molecule has 2 amide bonds. The second-order valence-corrected chi connectivity index (χ2v) is 9.41. The number of carbonyl (C=O) groups excluding carboxylic acids is 2. The van der Waals surface area contributed by atoms with Crippen LogP contribution in [0.3, 0.4) is 0 Å². The number of hydrogen-bond acceptors (Lipinski definition) is 5. The minimum Gasteiger partial charge on any atom is -0.348 e. The van der Waals surface area contributed by atoms with Gasteiger partial charge in [-0.05, 0) is 54.4 Å². The van der Waals surface area contributed by atoms with Gasteiger partial charge in [0.15, 0.2) is 0 Å². The van der Waals surface area contributed by atoms with E-state index in [0.29, 0.717) is 26.7 Å². The SMILES string of the molecule is CNS(=O)(=O)c1cccc(CNC(=O)c2ccc(Cl)c(NC(=O)c3cccs3)c2)c1. The van der Waals surface area contributed by atoms with Crippen LogP contribution in [0.2, 0.25) is 5.02 Å². The molecule has 10 heteroatoms. The van der Waals surface area contributed by atoms with Crippen LogP contribution < -0.4 is 15.4 Å². The third kappa shape index (κ3) is 5.25. The van der Waals surface area contributed by atoms with E-state index in [0.717, 1.165) is 0 Å². The van der Waals surface area contributed by atoms with Gasteiger partial charge >= 0.3 is 0 Å². The first kappa shape index (κ1) is 22.0. The van der Waals surface area contributed by atoms with Gasteiger partial charge in [0.1, 0.15) is 0 Å². The topological polar surface area (TPSA) is 104 Å². The minimum atomic E-state index is -3.57. The third-order valence-electron chi connectivity index (χ3n) is 4.15. The Morgan fingerprint density at radius 3 is 2.53 bits per heavy atom. The summed E-state index contributed by atoms with van der Waals surface area (Å²) in [5.41, 5.74) is 1.25. The zero-order valence-corrected chi connectivity index (χ0v) is 18.2. The molecule has 3 N–H and O–H groups in total. The largest absolute Gasteiger partial charge is 0.348 e. The number of nitrogens with one attached hydrogen (secondary N) is 3. The number of sulfonamides is 1. The molecule has 2 aromatic carbocycles. The summed E-state index contributed by atoms with van der Waals surface area (Å²) >= 11 is 7.44. The van der Waals surface area contributed by atoms with Crippen LogP contribution in [0.15, 0.2) is 64.9 Å². The Hall–Kier alpha value is -2.72. The first-order chi connectivity index (χ1) is 14.3. The molecule has 1 heterocycles. The van der Waals surface area contributed by atoms with Gasteiger partial charge in [0, 0.05) is 12.1 Å². The molecule has 0 bridgehead atoms. The van der Waals surface area contributed by atoms with E-state index in [4.69, 9.17) is 11.6 Å². The number of halogens is 1. The lowest BCUT2D eigenvalue weighted by molar-refractivity contribution is 0.0949. The summed E-state index contributed by atoms with van der Waals surface area (Å²) in [6.45, 7) is 0.130. The number of rotatable bonds is 7. The molecular formula is C20H18ClN3O4S2. The predicted molar refractivity (Wildman–Crippen MR) is 118 cm³/mol. The van der Waals surface area contributed by atoms with Crippen LogP contribution in [0.1, 0.15) is 25.6 Å². The van der Waals surface area contributed by atoms with Crippen molar-refractivity contribution in [2.24, 2.45) is 0 Å². The van der Waals surface area contributed by atoms with Crippen LogP contribution in [0.4, 0.5) is 5.69 Å². The van der Waals surface area contributed by atoms with E-state index in [1.807, 2.05) is 0 Å². The second-order valence-electron chi connectivity index (χ2n) is 6.16. The highest BCUT2D eigenvalue weighted by Crippen LogP contribution is 2.24. The number of benzene rings is 2. The van der Waals surface area contributed by atoms with E-state index >= 15 is 0 Å². The molecule has 0 saturated heterocycles. The van der Waals surface area contributed by atoms with Crippen molar-refractivity contribution in [1.82, 2.24) is 10.0 Å². The number of amides is 2. The van der Waals surface area contributed by atoms with E-state index in [-0.39, 0.29) is 23.3 Å². The Balaban J connectivity index is 1.70. The van der Waals surface area contributed by atoms with E-state index in [1.54, 1.807) is 35.7 Å². The second kappa shape index (κ2) is 9.40. The molecule has 0 atom stereocenters. The van der Waals surface area contributed by atoms with Crippen molar-refractivity contribution >= 4 is 50.5 Å². The van der Waals surface area contributed by atoms with E-state index in [2.05, 4.69) is 15.4 Å². The zero-order valence-electron chi connectivity index (χ0n) is 15.8. The Morgan fingerprint density at radius 2 is 1.83 bits per heavy atom. The van der Waals surface area contributed by atoms with Crippen molar-refractivity contribution in [2.75, 3.05) is 12.4 Å². The molecule has 0 saturated carbocycles. The molecule has 0 fully saturated rings. The van der Waals surface area contributed by atoms with Gasteiger partial charge in [-0.1, -0.05) is 29.8 Å². The average Bonchev–Trinajstić information content (AvgIpc) is 3.29. The molecule has 0 unspecified atom stereocenters. The maximum absolute atomic E-state index is 12.5. The predicted octanol–water partition coefficient (Wildman–Crippen LogP) is 3.49. The number of thiophene rings is 1. The van der Waals surface area contributed by atoms with Gasteiger partial charge < -0.3 is 10.6 Å². The summed E-state index contributed by atoms with van der Waals surface area (Å²) < 4.78 is 26.1. The van der Waals surface area contributed by atoms with E-state index in [9.17, 15) is 18.0 Å². The molecule has 1 aromatic heterocycles. The molecule has 156 valence electrons. The lowest BCUT2D eigenvalue weighted by atomic mass is 10.1. The molecule has 3 aromatic rings. The Bertz CT molecular complexity index is 1180. The smallest absolute Gasteiger partial charge is 0.265 e. The molecule has 0 aliphatic rings. The van der Waals surface area contributed by atoms with Crippen LogP contribution in [0.25, 0.3) is 0 Å². The van der Waals surface area contributed by atoms with Gasteiger partial charge in [0.2, 0.25) is 10.0 Å². The lowest BCUT2D eigenvalue weighted by Gasteiger charge is -2.10. The van der Waals surface area contributed by atoms with E-state index < -0.39 is 10.0 Å². The normalized spacial score (nSPS) is 11.1. The molecule has 7 nitrogen and oxygen atoms in total. The van der Waals surface area contributed by atoms with Crippen molar-refractivity contribution < 1.29 is 18.0 Å². The van der Waals surface area contributed by atoms with Crippen molar-refractivity contribution in [3.63, 3.8) is 0 Å². The van der Waals surface area contributed by atoms with Crippen LogP contribution in [-0.2, 0) is 16.6 Å². The quantitative estimate of drug-likeness (QED) is 0.498. The van der Waals surface area contributed by atoms with Crippen molar-refractivity contribution in [3.05, 3.63) is 81.0 Å². The number of anilines is 1. The van der Waals surface area contributed by atoms with Crippen molar-refractivity contribution in [3.8, 4) is 0 Å². The number of hydrogen-bond donors (Lipinski definition) is 3. The van der Waals surface area contributed by atoms with Crippen LogP contribution in [0, 0.1) is 0 Å².